The van der Waals surface area contributed by atoms with E-state index in [1.54, 1.807) is 0 Å². The minimum absolute atomic E-state index is 0. The first kappa shape index (κ1) is 26.7. The standard InChI is InChI=1S/C20H40O3.Na.H/c1-2-3-4-5-6-7-8-9-10-11-12-13-14-15-16-17-20(22)23-19-18-21;;/h21H,2-19H2,1H3;;. The van der Waals surface area contributed by atoms with Gasteiger partial charge in [0.25, 0.3) is 0 Å². The van der Waals surface area contributed by atoms with Gasteiger partial charge >= 0.3 is 35.5 Å². The van der Waals surface area contributed by atoms with Gasteiger partial charge in [-0.05, 0) is 6.42 Å². The molecule has 0 aromatic rings. The first-order valence-electron chi connectivity index (χ1n) is 10.1. The molecule has 140 valence electrons. The number of esters is 1. The molecule has 0 rings (SSSR count). The van der Waals surface area contributed by atoms with Gasteiger partial charge in [0, 0.05) is 6.42 Å². The van der Waals surface area contributed by atoms with Gasteiger partial charge in [0.15, 0.2) is 0 Å². The molecule has 0 saturated heterocycles. The van der Waals surface area contributed by atoms with E-state index in [-0.39, 0.29) is 48.7 Å². The van der Waals surface area contributed by atoms with Crippen molar-refractivity contribution in [1.29, 1.82) is 0 Å². The van der Waals surface area contributed by atoms with Gasteiger partial charge in [-0.3, -0.25) is 4.79 Å². The van der Waals surface area contributed by atoms with Crippen LogP contribution in [0.3, 0.4) is 0 Å². The normalized spacial score (nSPS) is 10.4. The first-order valence-corrected chi connectivity index (χ1v) is 10.1. The van der Waals surface area contributed by atoms with Crippen molar-refractivity contribution < 1.29 is 14.6 Å². The van der Waals surface area contributed by atoms with E-state index in [0.29, 0.717) is 6.42 Å². The molecule has 0 spiro atoms. The second kappa shape index (κ2) is 23.4. The number of hydrogen-bond donors (Lipinski definition) is 1. The molecule has 0 aliphatic rings. The zero-order valence-corrected chi connectivity index (χ0v) is 15.5. The molecule has 0 saturated carbocycles. The molecule has 0 fully saturated rings. The number of aliphatic hydroxyl groups is 1. The Balaban J connectivity index is 0. The Hall–Kier alpha value is 0.430. The molecule has 0 unspecified atom stereocenters. The molecule has 0 bridgehead atoms. The second-order valence-electron chi connectivity index (χ2n) is 6.64. The summed E-state index contributed by atoms with van der Waals surface area (Å²) in [6.45, 7) is 2.33. The van der Waals surface area contributed by atoms with Gasteiger partial charge in [0.05, 0.1) is 6.61 Å². The fourth-order valence-corrected chi connectivity index (χ4v) is 2.87. The summed E-state index contributed by atoms with van der Waals surface area (Å²) in [5.41, 5.74) is 0. The van der Waals surface area contributed by atoms with Gasteiger partial charge < -0.3 is 9.84 Å². The van der Waals surface area contributed by atoms with Crippen LogP contribution in [0.5, 0.6) is 0 Å². The van der Waals surface area contributed by atoms with Crippen LogP contribution in [-0.4, -0.2) is 53.8 Å². The molecule has 0 aromatic heterocycles. The summed E-state index contributed by atoms with van der Waals surface area (Å²) in [5, 5.41) is 8.54. The molecule has 24 heavy (non-hydrogen) atoms. The molecule has 3 nitrogen and oxygen atoms in total. The third-order valence-electron chi connectivity index (χ3n) is 4.34. The summed E-state index contributed by atoms with van der Waals surface area (Å²) in [4.78, 5) is 11.2. The Bertz CT molecular complexity index is 247. The van der Waals surface area contributed by atoms with Gasteiger partial charge in [-0.2, -0.15) is 0 Å². The quantitative estimate of drug-likeness (QED) is 0.211. The SMILES string of the molecule is CCCCCCCCCCCCCCCCCC(=O)OCCO.[NaH]. The van der Waals surface area contributed by atoms with E-state index in [9.17, 15) is 4.79 Å². The minimum atomic E-state index is -0.172. The average Bonchev–Trinajstić information content (AvgIpc) is 2.56. The van der Waals surface area contributed by atoms with Gasteiger partial charge in [0.1, 0.15) is 6.61 Å². The average molecular weight is 353 g/mol. The molecule has 0 aromatic carbocycles. The molecule has 0 heterocycles. The van der Waals surface area contributed by atoms with Gasteiger partial charge in [0.2, 0.25) is 0 Å². The van der Waals surface area contributed by atoms with E-state index in [0.717, 1.165) is 12.8 Å². The van der Waals surface area contributed by atoms with E-state index in [4.69, 9.17) is 9.84 Å². The van der Waals surface area contributed by atoms with Crippen LogP contribution < -0.4 is 0 Å². The summed E-state index contributed by atoms with van der Waals surface area (Å²) in [6, 6.07) is 0. The van der Waals surface area contributed by atoms with Crippen molar-refractivity contribution in [2.45, 2.75) is 110 Å². The number of hydrogen-bond acceptors (Lipinski definition) is 3. The van der Waals surface area contributed by atoms with Crippen molar-refractivity contribution >= 4 is 35.5 Å². The fourth-order valence-electron chi connectivity index (χ4n) is 2.87. The maximum atomic E-state index is 11.2. The van der Waals surface area contributed by atoms with Crippen molar-refractivity contribution in [2.24, 2.45) is 0 Å². The third kappa shape index (κ3) is 22.4. The van der Waals surface area contributed by atoms with Crippen LogP contribution in [0.2, 0.25) is 0 Å². The summed E-state index contributed by atoms with van der Waals surface area (Å²) < 4.78 is 4.82. The van der Waals surface area contributed by atoms with Crippen LogP contribution in [0.4, 0.5) is 0 Å². The van der Waals surface area contributed by atoms with Gasteiger partial charge in [-0.15, -0.1) is 0 Å². The summed E-state index contributed by atoms with van der Waals surface area (Å²) >= 11 is 0. The Morgan fingerprint density at radius 3 is 1.46 bits per heavy atom. The summed E-state index contributed by atoms with van der Waals surface area (Å²) in [5.74, 6) is -0.172. The van der Waals surface area contributed by atoms with E-state index < -0.39 is 0 Å². The Morgan fingerprint density at radius 1 is 0.708 bits per heavy atom. The zero-order chi connectivity index (χ0) is 17.0. The van der Waals surface area contributed by atoms with Gasteiger partial charge in [-0.25, -0.2) is 0 Å². The predicted octanol–water partition coefficient (Wildman–Crippen LogP) is 5.13. The number of unbranched alkanes of at least 4 members (excludes halogenated alkanes) is 14. The van der Waals surface area contributed by atoms with Crippen LogP contribution in [0.1, 0.15) is 110 Å². The molecule has 0 aliphatic heterocycles. The maximum absolute atomic E-state index is 11.2. The van der Waals surface area contributed by atoms with E-state index in [1.807, 2.05) is 0 Å². The van der Waals surface area contributed by atoms with Gasteiger partial charge in [-0.1, -0.05) is 96.8 Å². The van der Waals surface area contributed by atoms with Crippen LogP contribution in [-0.2, 0) is 9.53 Å². The monoisotopic (exact) mass is 352 g/mol. The van der Waals surface area contributed by atoms with E-state index >= 15 is 0 Å². The second-order valence-corrected chi connectivity index (χ2v) is 6.64. The number of rotatable bonds is 18. The summed E-state index contributed by atoms with van der Waals surface area (Å²) in [6.07, 6.45) is 20.4. The van der Waals surface area contributed by atoms with Crippen LogP contribution >= 0.6 is 0 Å². The Morgan fingerprint density at radius 2 is 1.08 bits per heavy atom. The van der Waals surface area contributed by atoms with E-state index in [2.05, 4.69) is 6.92 Å². The number of carbonyl (C=O) groups excluding carboxylic acids is 1. The Kier molecular flexibility index (Phi) is 26.0. The molecule has 4 heteroatoms. The molecule has 0 amide bonds. The van der Waals surface area contributed by atoms with Crippen molar-refractivity contribution in [1.82, 2.24) is 0 Å². The summed E-state index contributed by atoms with van der Waals surface area (Å²) in [7, 11) is 0. The number of ether oxygens (including phenoxy) is 1. The first-order chi connectivity index (χ1) is 11.3. The number of aliphatic hydroxyl groups excluding tert-OH is 1. The molecule has 0 atom stereocenters. The van der Waals surface area contributed by atoms with Crippen molar-refractivity contribution in [3.8, 4) is 0 Å². The topological polar surface area (TPSA) is 46.5 Å². The molecule has 0 radical (unpaired) electrons. The predicted molar refractivity (Wildman–Crippen MR) is 105 cm³/mol. The van der Waals surface area contributed by atoms with E-state index in [1.165, 1.54) is 83.5 Å². The molecular formula is C20H41NaO3. The number of carbonyl (C=O) groups is 1. The van der Waals surface area contributed by atoms with Crippen LogP contribution in [0.15, 0.2) is 0 Å². The van der Waals surface area contributed by atoms with Crippen LogP contribution in [0.25, 0.3) is 0 Å². The zero-order valence-electron chi connectivity index (χ0n) is 15.5. The fraction of sp³-hybridized carbons (Fsp3) is 0.950. The van der Waals surface area contributed by atoms with Crippen molar-refractivity contribution in [2.75, 3.05) is 13.2 Å². The third-order valence-corrected chi connectivity index (χ3v) is 4.34. The van der Waals surface area contributed by atoms with Crippen molar-refractivity contribution in [3.05, 3.63) is 0 Å². The molecule has 0 aliphatic carbocycles. The molecular weight excluding hydrogens is 311 g/mol. The Labute approximate surface area is 172 Å². The van der Waals surface area contributed by atoms with Crippen LogP contribution in [0, 0.1) is 0 Å². The van der Waals surface area contributed by atoms with Crippen molar-refractivity contribution in [3.63, 3.8) is 0 Å². The molecule has 1 N–H and O–H groups in total.